The summed E-state index contributed by atoms with van der Waals surface area (Å²) < 4.78 is 5.32. The van der Waals surface area contributed by atoms with Crippen LogP contribution < -0.4 is 10.1 Å². The molecule has 0 aromatic heterocycles. The first-order valence-electron chi connectivity index (χ1n) is 8.30. The van der Waals surface area contributed by atoms with Crippen LogP contribution in [-0.2, 0) is 0 Å². The van der Waals surface area contributed by atoms with E-state index in [1.807, 2.05) is 6.07 Å². The second-order valence-corrected chi connectivity index (χ2v) is 7.58. The van der Waals surface area contributed by atoms with Crippen molar-refractivity contribution in [3.8, 4) is 5.75 Å². The van der Waals surface area contributed by atoms with Gasteiger partial charge in [0, 0.05) is 12.1 Å². The van der Waals surface area contributed by atoms with Gasteiger partial charge in [-0.2, -0.15) is 0 Å². The van der Waals surface area contributed by atoms with Gasteiger partial charge in [-0.15, -0.1) is 0 Å². The van der Waals surface area contributed by atoms with Crippen molar-refractivity contribution < 1.29 is 4.74 Å². The highest BCUT2D eigenvalue weighted by atomic mass is 16.5. The van der Waals surface area contributed by atoms with Gasteiger partial charge in [-0.1, -0.05) is 32.9 Å². The first-order chi connectivity index (χ1) is 9.90. The first-order valence-corrected chi connectivity index (χ1v) is 8.30. The minimum Gasteiger partial charge on any atom is -0.497 e. The monoisotopic (exact) mass is 289 g/mol. The lowest BCUT2D eigenvalue weighted by molar-refractivity contribution is 0.157. The van der Waals surface area contributed by atoms with Gasteiger partial charge in [-0.25, -0.2) is 0 Å². The molecule has 0 amide bonds. The second-order valence-electron chi connectivity index (χ2n) is 7.58. The summed E-state index contributed by atoms with van der Waals surface area (Å²) in [4.78, 5) is 0. The van der Waals surface area contributed by atoms with Crippen molar-refractivity contribution in [3.63, 3.8) is 0 Å². The molecule has 1 N–H and O–H groups in total. The highest BCUT2D eigenvalue weighted by molar-refractivity contribution is 5.30. The Morgan fingerprint density at radius 1 is 1.14 bits per heavy atom. The molecule has 2 heteroatoms. The quantitative estimate of drug-likeness (QED) is 0.846. The molecular formula is C19H31NO. The standard InChI is InChI=1S/C19H31NO/c1-14(15-7-6-8-18(13-15)21-5)20-17-11-9-16(10-12-17)19(2,3)4/h6-8,13-14,16-17,20H,9-12H2,1-5H3/t14-,16?,17?/m0/s1. The lowest BCUT2D eigenvalue weighted by atomic mass is 9.71. The fraction of sp³-hybridized carbons (Fsp3) is 0.684. The summed E-state index contributed by atoms with van der Waals surface area (Å²) in [5.74, 6) is 1.82. The summed E-state index contributed by atoms with van der Waals surface area (Å²) >= 11 is 0. The van der Waals surface area contributed by atoms with Crippen LogP contribution in [0.2, 0.25) is 0 Å². The molecule has 1 saturated carbocycles. The van der Waals surface area contributed by atoms with Crippen molar-refractivity contribution in [2.45, 2.75) is 65.5 Å². The van der Waals surface area contributed by atoms with Crippen LogP contribution >= 0.6 is 0 Å². The molecule has 0 radical (unpaired) electrons. The van der Waals surface area contributed by atoms with E-state index in [0.29, 0.717) is 17.5 Å². The van der Waals surface area contributed by atoms with Gasteiger partial charge in [0.15, 0.2) is 0 Å². The van der Waals surface area contributed by atoms with E-state index in [-0.39, 0.29) is 0 Å². The molecule has 1 aromatic rings. The Labute approximate surface area is 130 Å². The molecule has 118 valence electrons. The number of hydrogen-bond donors (Lipinski definition) is 1. The summed E-state index contributed by atoms with van der Waals surface area (Å²) in [6.45, 7) is 9.39. The zero-order chi connectivity index (χ0) is 15.5. The third kappa shape index (κ3) is 4.47. The fourth-order valence-electron chi connectivity index (χ4n) is 3.49. The van der Waals surface area contributed by atoms with E-state index < -0.39 is 0 Å². The van der Waals surface area contributed by atoms with E-state index in [2.05, 4.69) is 51.2 Å². The number of rotatable bonds is 4. The molecule has 0 bridgehead atoms. The van der Waals surface area contributed by atoms with E-state index in [1.54, 1.807) is 7.11 Å². The largest absolute Gasteiger partial charge is 0.497 e. The van der Waals surface area contributed by atoms with E-state index in [4.69, 9.17) is 4.74 Å². The Bertz CT molecular complexity index is 441. The van der Waals surface area contributed by atoms with Gasteiger partial charge < -0.3 is 10.1 Å². The van der Waals surface area contributed by atoms with Crippen LogP contribution in [0.1, 0.15) is 65.0 Å². The van der Waals surface area contributed by atoms with Crippen LogP contribution in [0.25, 0.3) is 0 Å². The van der Waals surface area contributed by atoms with Gasteiger partial charge >= 0.3 is 0 Å². The molecule has 2 rings (SSSR count). The molecule has 0 spiro atoms. The summed E-state index contributed by atoms with van der Waals surface area (Å²) in [6, 6.07) is 9.44. The number of ether oxygens (including phenoxy) is 1. The van der Waals surface area contributed by atoms with Crippen molar-refractivity contribution >= 4 is 0 Å². The average molecular weight is 289 g/mol. The molecule has 0 heterocycles. The maximum absolute atomic E-state index is 5.32. The van der Waals surface area contributed by atoms with Crippen molar-refractivity contribution in [3.05, 3.63) is 29.8 Å². The molecule has 0 aliphatic heterocycles. The third-order valence-electron chi connectivity index (χ3n) is 5.03. The number of methoxy groups -OCH3 is 1. The summed E-state index contributed by atoms with van der Waals surface area (Å²) in [6.07, 6.45) is 5.31. The van der Waals surface area contributed by atoms with Crippen LogP contribution in [0.5, 0.6) is 5.75 Å². The predicted molar refractivity (Wildman–Crippen MR) is 89.7 cm³/mol. The van der Waals surface area contributed by atoms with Gasteiger partial charge in [0.1, 0.15) is 5.75 Å². The van der Waals surface area contributed by atoms with E-state index >= 15 is 0 Å². The molecular weight excluding hydrogens is 258 g/mol. The van der Waals surface area contributed by atoms with Gasteiger partial charge in [-0.05, 0) is 61.6 Å². The maximum atomic E-state index is 5.32. The molecule has 0 saturated heterocycles. The van der Waals surface area contributed by atoms with Gasteiger partial charge in [0.05, 0.1) is 7.11 Å². The van der Waals surface area contributed by atoms with Crippen LogP contribution in [-0.4, -0.2) is 13.2 Å². The molecule has 0 unspecified atom stereocenters. The molecule has 1 atom stereocenters. The molecule has 21 heavy (non-hydrogen) atoms. The van der Waals surface area contributed by atoms with E-state index in [1.165, 1.54) is 31.2 Å². The van der Waals surface area contributed by atoms with Crippen LogP contribution in [0, 0.1) is 11.3 Å². The Morgan fingerprint density at radius 3 is 2.38 bits per heavy atom. The Balaban J connectivity index is 1.88. The minimum atomic E-state index is 0.385. The topological polar surface area (TPSA) is 21.3 Å². The van der Waals surface area contributed by atoms with Gasteiger partial charge in [-0.3, -0.25) is 0 Å². The lowest BCUT2D eigenvalue weighted by Gasteiger charge is -2.38. The minimum absolute atomic E-state index is 0.385. The lowest BCUT2D eigenvalue weighted by Crippen LogP contribution is -2.37. The number of nitrogens with one attached hydrogen (secondary N) is 1. The molecule has 2 nitrogen and oxygen atoms in total. The van der Waals surface area contributed by atoms with E-state index in [0.717, 1.165) is 11.7 Å². The van der Waals surface area contributed by atoms with Crippen LogP contribution in [0.15, 0.2) is 24.3 Å². The fourth-order valence-corrected chi connectivity index (χ4v) is 3.49. The van der Waals surface area contributed by atoms with Crippen molar-refractivity contribution in [2.75, 3.05) is 7.11 Å². The van der Waals surface area contributed by atoms with E-state index in [9.17, 15) is 0 Å². The predicted octanol–water partition coefficient (Wildman–Crippen LogP) is 4.95. The van der Waals surface area contributed by atoms with Gasteiger partial charge in [0.2, 0.25) is 0 Å². The van der Waals surface area contributed by atoms with Gasteiger partial charge in [0.25, 0.3) is 0 Å². The smallest absolute Gasteiger partial charge is 0.119 e. The summed E-state index contributed by atoms with van der Waals surface area (Å²) in [5, 5.41) is 3.80. The highest BCUT2D eigenvalue weighted by Crippen LogP contribution is 2.38. The zero-order valence-corrected chi connectivity index (χ0v) is 14.3. The third-order valence-corrected chi connectivity index (χ3v) is 5.03. The zero-order valence-electron chi connectivity index (χ0n) is 14.3. The Hall–Kier alpha value is -1.02. The molecule has 1 aliphatic rings. The number of benzene rings is 1. The normalized spacial score (nSPS) is 24.6. The maximum Gasteiger partial charge on any atom is 0.119 e. The van der Waals surface area contributed by atoms with Crippen LogP contribution in [0.3, 0.4) is 0 Å². The Morgan fingerprint density at radius 2 is 1.81 bits per heavy atom. The van der Waals surface area contributed by atoms with Crippen molar-refractivity contribution in [1.82, 2.24) is 5.32 Å². The number of hydrogen-bond acceptors (Lipinski definition) is 2. The summed E-state index contributed by atoms with van der Waals surface area (Å²) in [7, 11) is 1.73. The average Bonchev–Trinajstić information content (AvgIpc) is 2.47. The van der Waals surface area contributed by atoms with Crippen molar-refractivity contribution in [1.29, 1.82) is 0 Å². The molecule has 1 fully saturated rings. The van der Waals surface area contributed by atoms with Crippen LogP contribution in [0.4, 0.5) is 0 Å². The summed E-state index contributed by atoms with van der Waals surface area (Å²) in [5.41, 5.74) is 1.77. The van der Waals surface area contributed by atoms with Crippen molar-refractivity contribution in [2.24, 2.45) is 11.3 Å². The molecule has 1 aromatic carbocycles. The molecule has 1 aliphatic carbocycles. The SMILES string of the molecule is COc1cccc([C@H](C)NC2CCC(C(C)(C)C)CC2)c1. The second kappa shape index (κ2) is 6.83. The highest BCUT2D eigenvalue weighted by Gasteiger charge is 2.30. The first kappa shape index (κ1) is 16.4. The Kier molecular flexibility index (Phi) is 5.32.